The molecule has 0 aliphatic carbocycles. The van der Waals surface area contributed by atoms with Crippen LogP contribution in [0.2, 0.25) is 0 Å². The highest BCUT2D eigenvalue weighted by molar-refractivity contribution is 7.85. The molecule has 9 heteroatoms. The molecule has 29 heavy (non-hydrogen) atoms. The van der Waals surface area contributed by atoms with Crippen LogP contribution in [0.5, 0.6) is 0 Å². The predicted octanol–water partition coefficient (Wildman–Crippen LogP) is 3.06. The Bertz CT molecular complexity index is 1240. The Morgan fingerprint density at radius 2 is 1.86 bits per heavy atom. The summed E-state index contributed by atoms with van der Waals surface area (Å²) in [6, 6.07) is 8.02. The first-order valence-corrected chi connectivity index (χ1v) is 10.9. The Kier molecular flexibility index (Phi) is 5.40. The van der Waals surface area contributed by atoms with Crippen molar-refractivity contribution in [2.24, 2.45) is 12.5 Å². The van der Waals surface area contributed by atoms with Gasteiger partial charge in [0.25, 0.3) is 10.1 Å². The van der Waals surface area contributed by atoms with Crippen molar-refractivity contribution < 1.29 is 17.0 Å². The number of hydrogen-bond acceptors (Lipinski definition) is 5. The average molecular weight is 421 g/mol. The quantitative estimate of drug-likeness (QED) is 0.591. The molecule has 1 aromatic carbocycles. The molecule has 0 saturated heterocycles. The summed E-state index contributed by atoms with van der Waals surface area (Å²) in [5.74, 6) is -0.609. The molecule has 0 unspecified atom stereocenters. The smallest absolute Gasteiger partial charge is 0.290 e. The van der Waals surface area contributed by atoms with E-state index < -0.39 is 22.5 Å². The lowest BCUT2D eigenvalue weighted by atomic mass is 9.97. The Balaban J connectivity index is 2.08. The van der Waals surface area contributed by atoms with E-state index in [2.05, 4.69) is 4.98 Å². The topological polar surface area (TPSA) is 83.2 Å². The van der Waals surface area contributed by atoms with Crippen molar-refractivity contribution in [3.8, 4) is 11.3 Å². The zero-order valence-corrected chi connectivity index (χ0v) is 17.9. The fourth-order valence-corrected chi connectivity index (χ4v) is 3.45. The molecule has 0 radical (unpaired) electrons. The summed E-state index contributed by atoms with van der Waals surface area (Å²) in [7, 11) is -2.06. The standard InChI is InChI=1S/C20H24FN3O4S/c1-20(2,3)12-24-16-10-9-15(22-18(16)23(4)19(24)25)14-8-6-7-13(17(14)21)11-28-29(5,26)27/h6-10H,11-12H2,1-5H3. The zero-order chi connectivity index (χ0) is 21.6. The normalized spacial score (nSPS) is 12.6. The Morgan fingerprint density at radius 1 is 1.17 bits per heavy atom. The van der Waals surface area contributed by atoms with Gasteiger partial charge in [0.1, 0.15) is 5.82 Å². The molecule has 156 valence electrons. The van der Waals surface area contributed by atoms with Crippen molar-refractivity contribution in [3.05, 3.63) is 52.2 Å². The number of aromatic nitrogens is 3. The van der Waals surface area contributed by atoms with Crippen molar-refractivity contribution in [1.29, 1.82) is 0 Å². The predicted molar refractivity (Wildman–Crippen MR) is 109 cm³/mol. The van der Waals surface area contributed by atoms with Gasteiger partial charge in [-0.25, -0.2) is 14.2 Å². The Hall–Kier alpha value is -2.52. The average Bonchev–Trinajstić information content (AvgIpc) is 2.83. The fraction of sp³-hybridized carbons (Fsp3) is 0.400. The summed E-state index contributed by atoms with van der Waals surface area (Å²) >= 11 is 0. The lowest BCUT2D eigenvalue weighted by Crippen LogP contribution is -2.27. The van der Waals surface area contributed by atoms with E-state index >= 15 is 0 Å². The molecule has 0 amide bonds. The van der Waals surface area contributed by atoms with Crippen molar-refractivity contribution >= 4 is 21.3 Å². The SMILES string of the molecule is Cn1c(=O)n(CC(C)(C)C)c2ccc(-c3cccc(COS(C)(=O)=O)c3F)nc21. The van der Waals surface area contributed by atoms with Crippen LogP contribution in [0.25, 0.3) is 22.4 Å². The molecule has 2 aromatic heterocycles. The molecule has 0 aliphatic heterocycles. The molecule has 0 atom stereocenters. The molecule has 0 fully saturated rings. The first-order valence-electron chi connectivity index (χ1n) is 9.06. The van der Waals surface area contributed by atoms with Crippen LogP contribution in [0.1, 0.15) is 26.3 Å². The highest BCUT2D eigenvalue weighted by atomic mass is 32.2. The summed E-state index contributed by atoms with van der Waals surface area (Å²) in [4.78, 5) is 17.2. The van der Waals surface area contributed by atoms with Crippen molar-refractivity contribution in [3.63, 3.8) is 0 Å². The maximum atomic E-state index is 15.0. The van der Waals surface area contributed by atoms with Gasteiger partial charge in [0.05, 0.1) is 24.1 Å². The minimum Gasteiger partial charge on any atom is -0.290 e. The second kappa shape index (κ2) is 7.38. The van der Waals surface area contributed by atoms with Crippen LogP contribution >= 0.6 is 0 Å². The van der Waals surface area contributed by atoms with Crippen LogP contribution in [-0.4, -0.2) is 28.8 Å². The second-order valence-corrected chi connectivity index (χ2v) is 9.92. The number of benzene rings is 1. The number of aryl methyl sites for hydroxylation is 1. The van der Waals surface area contributed by atoms with Crippen LogP contribution < -0.4 is 5.69 Å². The van der Waals surface area contributed by atoms with E-state index in [9.17, 15) is 17.6 Å². The van der Waals surface area contributed by atoms with Gasteiger partial charge < -0.3 is 0 Å². The number of imidazole rings is 1. The molecule has 3 rings (SSSR count). The molecule has 0 spiro atoms. The minimum absolute atomic E-state index is 0.100. The zero-order valence-electron chi connectivity index (χ0n) is 17.1. The van der Waals surface area contributed by atoms with Gasteiger partial charge in [-0.2, -0.15) is 8.42 Å². The maximum absolute atomic E-state index is 15.0. The van der Waals surface area contributed by atoms with Gasteiger partial charge in [0.2, 0.25) is 0 Å². The number of hydrogen-bond donors (Lipinski definition) is 0. The lowest BCUT2D eigenvalue weighted by Gasteiger charge is -2.18. The fourth-order valence-electron chi connectivity index (χ4n) is 3.11. The summed E-state index contributed by atoms with van der Waals surface area (Å²) in [5.41, 5.74) is 1.50. The van der Waals surface area contributed by atoms with E-state index in [1.54, 1.807) is 35.9 Å². The summed E-state index contributed by atoms with van der Waals surface area (Å²) in [5, 5.41) is 0. The van der Waals surface area contributed by atoms with Crippen LogP contribution in [0.4, 0.5) is 4.39 Å². The van der Waals surface area contributed by atoms with Crippen molar-refractivity contribution in [2.45, 2.75) is 33.9 Å². The third-order valence-corrected chi connectivity index (χ3v) is 4.94. The summed E-state index contributed by atoms with van der Waals surface area (Å²) in [6.45, 7) is 6.25. The minimum atomic E-state index is -3.69. The third kappa shape index (κ3) is 4.56. The number of nitrogens with zero attached hydrogens (tertiary/aromatic N) is 3. The van der Waals surface area contributed by atoms with Gasteiger partial charge in [0.15, 0.2) is 5.65 Å². The monoisotopic (exact) mass is 421 g/mol. The highest BCUT2D eigenvalue weighted by Gasteiger charge is 2.20. The van der Waals surface area contributed by atoms with Crippen molar-refractivity contribution in [2.75, 3.05) is 6.26 Å². The molecule has 3 aromatic rings. The van der Waals surface area contributed by atoms with Crippen LogP contribution in [0.15, 0.2) is 35.1 Å². The Morgan fingerprint density at radius 3 is 2.48 bits per heavy atom. The van der Waals surface area contributed by atoms with Crippen LogP contribution in [-0.2, 0) is 34.5 Å². The molecule has 0 bridgehead atoms. The molecular formula is C20H24FN3O4S. The largest absolute Gasteiger partial charge is 0.330 e. The number of halogens is 1. The molecule has 0 saturated carbocycles. The van der Waals surface area contributed by atoms with Gasteiger partial charge in [-0.05, 0) is 23.6 Å². The molecule has 2 heterocycles. The number of pyridine rings is 1. The maximum Gasteiger partial charge on any atom is 0.330 e. The van der Waals surface area contributed by atoms with Gasteiger partial charge >= 0.3 is 5.69 Å². The van der Waals surface area contributed by atoms with E-state index in [1.807, 2.05) is 20.8 Å². The van der Waals surface area contributed by atoms with Gasteiger partial charge in [-0.1, -0.05) is 32.9 Å². The number of rotatable bonds is 5. The first-order chi connectivity index (χ1) is 13.4. The summed E-state index contributed by atoms with van der Waals surface area (Å²) in [6.07, 6.45) is 0.910. The van der Waals surface area contributed by atoms with Crippen LogP contribution in [0, 0.1) is 11.2 Å². The van der Waals surface area contributed by atoms with E-state index in [-0.39, 0.29) is 22.2 Å². The first kappa shape index (κ1) is 21.2. The molecular weight excluding hydrogens is 397 g/mol. The van der Waals surface area contributed by atoms with E-state index in [4.69, 9.17) is 4.18 Å². The van der Waals surface area contributed by atoms with Crippen LogP contribution in [0.3, 0.4) is 0 Å². The van der Waals surface area contributed by atoms with E-state index in [0.717, 1.165) is 6.26 Å². The highest BCUT2D eigenvalue weighted by Crippen LogP contribution is 2.27. The second-order valence-electron chi connectivity index (χ2n) is 8.27. The van der Waals surface area contributed by atoms with Gasteiger partial charge in [0, 0.05) is 24.7 Å². The van der Waals surface area contributed by atoms with Crippen molar-refractivity contribution in [1.82, 2.24) is 14.1 Å². The van der Waals surface area contributed by atoms with Gasteiger partial charge in [-0.15, -0.1) is 0 Å². The lowest BCUT2D eigenvalue weighted by molar-refractivity contribution is 0.306. The number of fused-ring (bicyclic) bond motifs is 1. The molecule has 0 N–H and O–H groups in total. The Labute approximate surface area is 168 Å². The summed E-state index contributed by atoms with van der Waals surface area (Å²) < 4.78 is 45.2. The van der Waals surface area contributed by atoms with E-state index in [0.29, 0.717) is 23.4 Å². The molecule has 7 nitrogen and oxygen atoms in total. The third-order valence-electron chi connectivity index (χ3n) is 4.40. The molecule has 0 aliphatic rings. The van der Waals surface area contributed by atoms with Gasteiger partial charge in [-0.3, -0.25) is 13.3 Å². The van der Waals surface area contributed by atoms with E-state index in [1.165, 1.54) is 10.6 Å².